The number of carbonyl (C=O) groups is 4. The van der Waals surface area contributed by atoms with Crippen LogP contribution in [0.2, 0.25) is 0 Å². The Hall–Kier alpha value is -5.28. The monoisotopic (exact) mass is 678 g/mol. The Kier molecular flexibility index (Phi) is 15.4. The van der Waals surface area contributed by atoms with Crippen LogP contribution in [0.25, 0.3) is 0 Å². The van der Waals surface area contributed by atoms with E-state index in [4.69, 9.17) is 24.7 Å². The van der Waals surface area contributed by atoms with E-state index in [9.17, 15) is 29.3 Å². The second kappa shape index (κ2) is 18.2. The lowest BCUT2D eigenvalue weighted by atomic mass is 10.1. The standard InChI is InChI=1S/C16H22N2O7.C16H24N2O5/c1-10-8-11(14(19)23-5)9-12(18(21)22)13(10)24-7-6-17-15(20)25-16(2,3)4;1-10-8-11(14(19)21-5)9-12(17)13(10)22-7-6-18-15(20)23-16(2,3)4/h8-9H,6-7H2,1-5H3,(H,17,20);8-9H,6-7,17H2,1-5H3,(H,18,20). The highest BCUT2D eigenvalue weighted by molar-refractivity contribution is 5.92. The largest absolute Gasteiger partial charge is 0.489 e. The molecule has 2 amide bonds. The van der Waals surface area contributed by atoms with Gasteiger partial charge in [0.05, 0.1) is 49.0 Å². The number of carbonyl (C=O) groups excluding carboxylic acids is 4. The van der Waals surface area contributed by atoms with Crippen molar-refractivity contribution in [1.29, 1.82) is 0 Å². The number of nitro benzene ring substituents is 1. The number of ether oxygens (including phenoxy) is 6. The number of rotatable bonds is 11. The fourth-order valence-corrected chi connectivity index (χ4v) is 3.79. The second-order valence-corrected chi connectivity index (χ2v) is 12.1. The molecular formula is C32H46N4O12. The minimum Gasteiger partial charge on any atom is -0.489 e. The average molecular weight is 679 g/mol. The van der Waals surface area contributed by atoms with E-state index in [1.54, 1.807) is 61.5 Å². The zero-order valence-corrected chi connectivity index (χ0v) is 29.1. The number of nitrogens with two attached hydrogens (primary N) is 1. The van der Waals surface area contributed by atoms with Crippen LogP contribution in [0.4, 0.5) is 21.0 Å². The third-order valence-electron chi connectivity index (χ3n) is 5.63. The lowest BCUT2D eigenvalue weighted by molar-refractivity contribution is -0.385. The maximum atomic E-state index is 11.6. The molecule has 0 atom stereocenters. The van der Waals surface area contributed by atoms with Gasteiger partial charge >= 0.3 is 29.8 Å². The van der Waals surface area contributed by atoms with Crippen molar-refractivity contribution in [3.63, 3.8) is 0 Å². The van der Waals surface area contributed by atoms with Crippen molar-refractivity contribution in [2.24, 2.45) is 0 Å². The first kappa shape index (κ1) is 40.7. The molecule has 48 heavy (non-hydrogen) atoms. The third kappa shape index (κ3) is 14.4. The minimum atomic E-state index is -0.677. The highest BCUT2D eigenvalue weighted by atomic mass is 16.6. The van der Waals surface area contributed by atoms with Crippen LogP contribution in [-0.4, -0.2) is 80.8 Å². The Morgan fingerprint density at radius 1 is 0.729 bits per heavy atom. The molecule has 2 aromatic rings. The Bertz CT molecular complexity index is 1440. The number of hydrogen-bond donors (Lipinski definition) is 3. The summed E-state index contributed by atoms with van der Waals surface area (Å²) in [6.45, 7) is 14.5. The molecule has 4 N–H and O–H groups in total. The van der Waals surface area contributed by atoms with Crippen LogP contribution in [0.5, 0.6) is 11.5 Å². The van der Waals surface area contributed by atoms with Crippen LogP contribution in [0.15, 0.2) is 24.3 Å². The summed E-state index contributed by atoms with van der Waals surface area (Å²) >= 11 is 0. The smallest absolute Gasteiger partial charge is 0.407 e. The zero-order chi connectivity index (χ0) is 36.8. The van der Waals surface area contributed by atoms with Gasteiger partial charge in [-0.1, -0.05) is 0 Å². The van der Waals surface area contributed by atoms with Crippen molar-refractivity contribution < 1.29 is 52.5 Å². The highest BCUT2D eigenvalue weighted by Gasteiger charge is 2.23. The molecular weight excluding hydrogens is 632 g/mol. The summed E-state index contributed by atoms with van der Waals surface area (Å²) in [5, 5.41) is 16.3. The van der Waals surface area contributed by atoms with Gasteiger partial charge in [0.1, 0.15) is 30.2 Å². The maximum absolute atomic E-state index is 11.6. The summed E-state index contributed by atoms with van der Waals surface area (Å²) in [6, 6.07) is 5.67. The summed E-state index contributed by atoms with van der Waals surface area (Å²) in [6.07, 6.45) is -1.12. The van der Waals surface area contributed by atoms with Crippen LogP contribution in [0, 0.1) is 24.0 Å². The Morgan fingerprint density at radius 2 is 1.12 bits per heavy atom. The molecule has 0 unspecified atom stereocenters. The number of esters is 2. The highest BCUT2D eigenvalue weighted by Crippen LogP contribution is 2.32. The Balaban J connectivity index is 0.000000482. The zero-order valence-electron chi connectivity index (χ0n) is 29.1. The summed E-state index contributed by atoms with van der Waals surface area (Å²) in [7, 11) is 2.50. The van der Waals surface area contributed by atoms with Crippen LogP contribution in [-0.2, 0) is 18.9 Å². The van der Waals surface area contributed by atoms with Crippen molar-refractivity contribution in [2.75, 3.05) is 46.3 Å². The fourth-order valence-electron chi connectivity index (χ4n) is 3.79. The van der Waals surface area contributed by atoms with Gasteiger partial charge in [-0.05, 0) is 84.7 Å². The normalized spacial score (nSPS) is 10.8. The maximum Gasteiger partial charge on any atom is 0.407 e. The third-order valence-corrected chi connectivity index (χ3v) is 5.63. The van der Waals surface area contributed by atoms with Gasteiger partial charge < -0.3 is 44.8 Å². The summed E-state index contributed by atoms with van der Waals surface area (Å²) in [5.41, 5.74) is 6.26. The molecule has 2 aromatic carbocycles. The number of nitro groups is 1. The molecule has 0 aliphatic carbocycles. The number of nitrogens with zero attached hydrogens (tertiary/aromatic N) is 1. The predicted molar refractivity (Wildman–Crippen MR) is 176 cm³/mol. The number of amides is 2. The van der Waals surface area contributed by atoms with Crippen molar-refractivity contribution in [3.05, 3.63) is 56.6 Å². The average Bonchev–Trinajstić information content (AvgIpc) is 2.96. The molecule has 0 aliphatic rings. The number of aryl methyl sites for hydroxylation is 2. The van der Waals surface area contributed by atoms with Gasteiger partial charge in [0.25, 0.3) is 0 Å². The van der Waals surface area contributed by atoms with Gasteiger partial charge in [-0.3, -0.25) is 10.1 Å². The Morgan fingerprint density at radius 3 is 1.50 bits per heavy atom. The predicted octanol–water partition coefficient (Wildman–Crippen LogP) is 4.86. The topological polar surface area (TPSA) is 217 Å². The molecule has 0 bridgehead atoms. The first-order valence-electron chi connectivity index (χ1n) is 14.7. The summed E-state index contributed by atoms with van der Waals surface area (Å²) in [4.78, 5) is 56.6. The van der Waals surface area contributed by atoms with Gasteiger partial charge in [0, 0.05) is 6.07 Å². The number of methoxy groups -OCH3 is 2. The Labute approximate surface area is 279 Å². The number of benzene rings is 2. The van der Waals surface area contributed by atoms with E-state index in [1.165, 1.54) is 26.4 Å². The molecule has 0 fully saturated rings. The molecule has 0 radical (unpaired) electrons. The van der Waals surface area contributed by atoms with Gasteiger partial charge in [0.2, 0.25) is 0 Å². The quantitative estimate of drug-likeness (QED) is 0.0723. The summed E-state index contributed by atoms with van der Waals surface area (Å²) in [5.74, 6) is -0.630. The van der Waals surface area contributed by atoms with E-state index < -0.39 is 40.3 Å². The van der Waals surface area contributed by atoms with Crippen molar-refractivity contribution >= 4 is 35.5 Å². The second-order valence-electron chi connectivity index (χ2n) is 12.1. The van der Waals surface area contributed by atoms with Crippen molar-refractivity contribution in [1.82, 2.24) is 10.6 Å². The van der Waals surface area contributed by atoms with Gasteiger partial charge in [0.15, 0.2) is 5.75 Å². The lowest BCUT2D eigenvalue weighted by Gasteiger charge is -2.20. The van der Waals surface area contributed by atoms with Gasteiger partial charge in [-0.25, -0.2) is 19.2 Å². The van der Waals surface area contributed by atoms with Crippen molar-refractivity contribution in [3.8, 4) is 11.5 Å². The van der Waals surface area contributed by atoms with E-state index >= 15 is 0 Å². The van der Waals surface area contributed by atoms with Crippen LogP contribution >= 0.6 is 0 Å². The number of hydrogen-bond acceptors (Lipinski definition) is 13. The number of nitrogen functional groups attached to an aromatic ring is 1. The van der Waals surface area contributed by atoms with E-state index in [-0.39, 0.29) is 43.3 Å². The lowest BCUT2D eigenvalue weighted by Crippen LogP contribution is -2.34. The molecule has 0 saturated carbocycles. The number of alkyl carbamates (subject to hydrolysis) is 2. The molecule has 2 rings (SSSR count). The number of nitrogens with one attached hydrogen (secondary N) is 2. The minimum absolute atomic E-state index is 0.00149. The fraction of sp³-hybridized carbons (Fsp3) is 0.500. The number of anilines is 1. The molecule has 266 valence electrons. The molecule has 0 aliphatic heterocycles. The van der Waals surface area contributed by atoms with Crippen LogP contribution < -0.4 is 25.8 Å². The van der Waals surface area contributed by atoms with Gasteiger partial charge in [-0.2, -0.15) is 0 Å². The van der Waals surface area contributed by atoms with Crippen LogP contribution in [0.3, 0.4) is 0 Å². The molecule has 16 heteroatoms. The first-order valence-corrected chi connectivity index (χ1v) is 14.7. The molecule has 0 aromatic heterocycles. The van der Waals surface area contributed by atoms with Crippen molar-refractivity contribution in [2.45, 2.75) is 66.6 Å². The van der Waals surface area contributed by atoms with Gasteiger partial charge in [-0.15, -0.1) is 0 Å². The summed E-state index contributed by atoms with van der Waals surface area (Å²) < 4.78 is 30.4. The van der Waals surface area contributed by atoms with E-state index in [0.29, 0.717) is 28.1 Å². The van der Waals surface area contributed by atoms with E-state index in [1.807, 2.05) is 0 Å². The molecule has 0 spiro atoms. The van der Waals surface area contributed by atoms with E-state index in [0.717, 1.165) is 6.07 Å². The molecule has 16 nitrogen and oxygen atoms in total. The SMILES string of the molecule is COC(=O)c1cc(C)c(OCCNC(=O)OC(C)(C)C)c(N)c1.COC(=O)c1cc(C)c(OCCNC(=O)OC(C)(C)C)c([N+](=O)[O-])c1. The first-order chi connectivity index (χ1) is 22.2. The molecule has 0 saturated heterocycles. The molecule has 0 heterocycles. The van der Waals surface area contributed by atoms with Crippen LogP contribution in [0.1, 0.15) is 73.4 Å². The van der Waals surface area contributed by atoms with E-state index in [2.05, 4.69) is 20.1 Å².